The monoisotopic (exact) mass is 482 g/mol. The molecule has 3 N–H and O–H groups in total. The lowest BCUT2D eigenvalue weighted by atomic mass is 9.93. The van der Waals surface area contributed by atoms with Crippen molar-refractivity contribution in [2.75, 3.05) is 5.32 Å². The molecule has 0 aliphatic carbocycles. The van der Waals surface area contributed by atoms with Gasteiger partial charge in [-0.15, -0.1) is 0 Å². The maximum atomic E-state index is 13.7. The van der Waals surface area contributed by atoms with Crippen LogP contribution in [0.5, 0.6) is 0 Å². The van der Waals surface area contributed by atoms with Crippen molar-refractivity contribution >= 4 is 17.5 Å². The number of hydrogen-bond donors (Lipinski definition) is 2. The molecular formula is C14H7F13N2O2. The summed E-state index contributed by atoms with van der Waals surface area (Å²) >= 11 is 0. The molecule has 0 aliphatic heterocycles. The number of para-hydroxylation sites is 1. The molecule has 0 heterocycles. The summed E-state index contributed by atoms with van der Waals surface area (Å²) in [6, 6.07) is 3.11. The maximum absolute atomic E-state index is 13.7. The SMILES string of the molecule is NC(=O)c1ccccc1NC(=O)C(F)(F)C(F)(F)C(F)(F)C(F)(F)C(F)(F)C(F)(F)F. The third-order valence-electron chi connectivity index (χ3n) is 3.66. The number of amides is 2. The van der Waals surface area contributed by atoms with Crippen molar-refractivity contribution in [2.45, 2.75) is 35.8 Å². The van der Waals surface area contributed by atoms with Crippen LogP contribution in [0.15, 0.2) is 24.3 Å². The van der Waals surface area contributed by atoms with Crippen LogP contribution in [-0.2, 0) is 4.79 Å². The van der Waals surface area contributed by atoms with Crippen LogP contribution in [0.3, 0.4) is 0 Å². The van der Waals surface area contributed by atoms with Crippen molar-refractivity contribution in [1.29, 1.82) is 0 Å². The smallest absolute Gasteiger partial charge is 0.366 e. The maximum Gasteiger partial charge on any atom is 0.460 e. The zero-order valence-electron chi connectivity index (χ0n) is 14.1. The number of anilines is 1. The van der Waals surface area contributed by atoms with Gasteiger partial charge >= 0.3 is 41.7 Å². The second-order valence-corrected chi connectivity index (χ2v) is 5.73. The van der Waals surface area contributed by atoms with E-state index in [0.29, 0.717) is 12.1 Å². The van der Waals surface area contributed by atoms with Gasteiger partial charge in [0.1, 0.15) is 0 Å². The molecule has 0 aromatic heterocycles. The van der Waals surface area contributed by atoms with E-state index in [2.05, 4.69) is 0 Å². The number of rotatable bonds is 7. The van der Waals surface area contributed by atoms with E-state index in [1.165, 1.54) is 0 Å². The summed E-state index contributed by atoms with van der Waals surface area (Å²) in [5, 5.41) is 0.773. The fourth-order valence-electron chi connectivity index (χ4n) is 1.92. The third-order valence-corrected chi connectivity index (χ3v) is 3.66. The van der Waals surface area contributed by atoms with Gasteiger partial charge in [0.05, 0.1) is 11.3 Å². The first-order valence-corrected chi connectivity index (χ1v) is 7.23. The number of carbonyl (C=O) groups is 2. The van der Waals surface area contributed by atoms with Crippen LogP contribution in [0.25, 0.3) is 0 Å². The lowest BCUT2D eigenvalue weighted by Gasteiger charge is -2.39. The Kier molecular flexibility index (Phi) is 6.31. The summed E-state index contributed by atoms with van der Waals surface area (Å²) < 4.78 is 169. The Morgan fingerprint density at radius 2 is 1.10 bits per heavy atom. The minimum absolute atomic E-state index is 0.538. The first kappa shape index (κ1) is 26.3. The Morgan fingerprint density at radius 3 is 1.52 bits per heavy atom. The first-order chi connectivity index (χ1) is 13.6. The van der Waals surface area contributed by atoms with Gasteiger partial charge in [-0.1, -0.05) is 12.1 Å². The minimum atomic E-state index is -8.13. The van der Waals surface area contributed by atoms with Gasteiger partial charge in [0, 0.05) is 0 Å². The van der Waals surface area contributed by atoms with Gasteiger partial charge < -0.3 is 11.1 Å². The lowest BCUT2D eigenvalue weighted by Crippen LogP contribution is -2.71. The van der Waals surface area contributed by atoms with Crippen LogP contribution >= 0.6 is 0 Å². The molecule has 2 amide bonds. The summed E-state index contributed by atoms with van der Waals surface area (Å²) in [6.45, 7) is 0. The fourth-order valence-corrected chi connectivity index (χ4v) is 1.92. The molecule has 0 atom stereocenters. The van der Waals surface area contributed by atoms with Crippen LogP contribution in [0.2, 0.25) is 0 Å². The van der Waals surface area contributed by atoms with E-state index in [4.69, 9.17) is 5.73 Å². The Bertz CT molecular complexity index is 864. The van der Waals surface area contributed by atoms with Crippen molar-refractivity contribution in [3.8, 4) is 0 Å². The topological polar surface area (TPSA) is 72.2 Å². The summed E-state index contributed by atoms with van der Waals surface area (Å²) in [7, 11) is 0. The van der Waals surface area contributed by atoms with Gasteiger partial charge in [-0.2, -0.15) is 57.1 Å². The molecule has 0 fully saturated rings. The highest BCUT2D eigenvalue weighted by Gasteiger charge is 2.91. The van der Waals surface area contributed by atoms with Crippen molar-refractivity contribution in [2.24, 2.45) is 5.73 Å². The number of halogens is 13. The molecule has 0 radical (unpaired) electrons. The third kappa shape index (κ3) is 3.84. The molecule has 0 saturated carbocycles. The molecule has 0 saturated heterocycles. The van der Waals surface area contributed by atoms with Crippen molar-refractivity contribution in [1.82, 2.24) is 0 Å². The van der Waals surface area contributed by atoms with Crippen LogP contribution in [0.4, 0.5) is 62.8 Å². The molecule has 1 rings (SSSR count). The van der Waals surface area contributed by atoms with Crippen molar-refractivity contribution in [3.63, 3.8) is 0 Å². The number of benzene rings is 1. The largest absolute Gasteiger partial charge is 0.460 e. The van der Waals surface area contributed by atoms with E-state index in [1.807, 2.05) is 0 Å². The number of nitrogens with one attached hydrogen (secondary N) is 1. The molecule has 176 valence electrons. The summed E-state index contributed by atoms with van der Waals surface area (Å²) in [5.41, 5.74) is 2.78. The predicted octanol–water partition coefficient (Wildman–Crippen LogP) is 4.46. The second kappa shape index (κ2) is 7.44. The van der Waals surface area contributed by atoms with Crippen LogP contribution in [-0.4, -0.2) is 47.6 Å². The zero-order valence-corrected chi connectivity index (χ0v) is 14.1. The molecule has 0 aliphatic rings. The summed E-state index contributed by atoms with van der Waals surface area (Å²) in [6.07, 6.45) is -7.56. The van der Waals surface area contributed by atoms with E-state index in [1.54, 1.807) is 0 Å². The van der Waals surface area contributed by atoms with E-state index in [9.17, 15) is 66.7 Å². The van der Waals surface area contributed by atoms with Crippen molar-refractivity contribution in [3.05, 3.63) is 29.8 Å². The van der Waals surface area contributed by atoms with Gasteiger partial charge in [-0.05, 0) is 12.1 Å². The quantitative estimate of drug-likeness (QED) is 0.564. The summed E-state index contributed by atoms with van der Waals surface area (Å²) in [4.78, 5) is 22.5. The first-order valence-electron chi connectivity index (χ1n) is 7.23. The summed E-state index contributed by atoms with van der Waals surface area (Å²) in [5.74, 6) is -43.9. The molecule has 1 aromatic carbocycles. The molecule has 31 heavy (non-hydrogen) atoms. The van der Waals surface area contributed by atoms with Gasteiger partial charge in [0.2, 0.25) is 0 Å². The molecule has 17 heteroatoms. The van der Waals surface area contributed by atoms with Gasteiger partial charge in [0.15, 0.2) is 0 Å². The Labute approximate surface area is 162 Å². The second-order valence-electron chi connectivity index (χ2n) is 5.73. The Morgan fingerprint density at radius 1 is 0.677 bits per heavy atom. The highest BCUT2D eigenvalue weighted by molar-refractivity contribution is 6.05. The predicted molar refractivity (Wildman–Crippen MR) is 74.4 cm³/mol. The molecule has 0 unspecified atom stereocenters. The highest BCUT2D eigenvalue weighted by Crippen LogP contribution is 2.60. The molecular weight excluding hydrogens is 475 g/mol. The molecule has 0 bridgehead atoms. The minimum Gasteiger partial charge on any atom is -0.366 e. The van der Waals surface area contributed by atoms with Crippen LogP contribution in [0.1, 0.15) is 10.4 Å². The van der Waals surface area contributed by atoms with E-state index in [-0.39, 0.29) is 0 Å². The number of alkyl halides is 13. The van der Waals surface area contributed by atoms with E-state index >= 15 is 0 Å². The average Bonchev–Trinajstić information content (AvgIpc) is 2.60. The molecule has 4 nitrogen and oxygen atoms in total. The lowest BCUT2D eigenvalue weighted by molar-refractivity contribution is -0.435. The molecule has 1 aromatic rings. The van der Waals surface area contributed by atoms with Crippen molar-refractivity contribution < 1.29 is 66.7 Å². The normalized spacial score (nSPS) is 14.4. The van der Waals surface area contributed by atoms with Gasteiger partial charge in [-0.25, -0.2) is 0 Å². The highest BCUT2D eigenvalue weighted by atomic mass is 19.4. The number of hydrogen-bond acceptors (Lipinski definition) is 2. The van der Waals surface area contributed by atoms with Crippen LogP contribution in [0, 0.1) is 0 Å². The molecule has 0 spiro atoms. The van der Waals surface area contributed by atoms with Gasteiger partial charge in [-0.3, -0.25) is 9.59 Å². The van der Waals surface area contributed by atoms with E-state index < -0.39 is 58.9 Å². The number of carbonyl (C=O) groups excluding carboxylic acids is 2. The number of primary amides is 1. The average molecular weight is 482 g/mol. The number of nitrogens with two attached hydrogens (primary N) is 1. The van der Waals surface area contributed by atoms with Gasteiger partial charge in [0.25, 0.3) is 5.91 Å². The zero-order chi connectivity index (χ0) is 24.8. The van der Waals surface area contributed by atoms with E-state index in [0.717, 1.165) is 17.4 Å². The Hall–Kier alpha value is -2.75. The van der Waals surface area contributed by atoms with Crippen LogP contribution < -0.4 is 11.1 Å². The fraction of sp³-hybridized carbons (Fsp3) is 0.429. The Balaban J connectivity index is 3.46. The standard InChI is InChI=1S/C14H7F13N2O2/c15-9(16,8(31)29-6-4-2-1-3-5(6)7(28)30)10(17,18)11(19,20)12(21,22)13(23,24)14(25,26)27/h1-4H,(H2,28,30)(H,29,31).